The number of nitrogens with one attached hydrogen (secondary N) is 1. The van der Waals surface area contributed by atoms with Gasteiger partial charge in [-0.3, -0.25) is 0 Å². The minimum atomic E-state index is 0.698. The Hall–Kier alpha value is -3.55. The third-order valence-corrected chi connectivity index (χ3v) is 4.83. The zero-order valence-corrected chi connectivity index (χ0v) is 17.1. The van der Waals surface area contributed by atoms with Gasteiger partial charge in [-0.2, -0.15) is 0 Å². The highest BCUT2D eigenvalue weighted by Crippen LogP contribution is 2.22. The van der Waals surface area contributed by atoms with Crippen LogP contribution in [0, 0.1) is 18.8 Å². The molecular formula is C26H25N3O. The lowest BCUT2D eigenvalue weighted by Crippen LogP contribution is -2.44. The van der Waals surface area contributed by atoms with E-state index in [1.807, 2.05) is 66.7 Å². The fraction of sp³-hybridized carbons (Fsp3) is 0.192. The van der Waals surface area contributed by atoms with E-state index in [0.717, 1.165) is 47.1 Å². The van der Waals surface area contributed by atoms with Crippen LogP contribution in [0.4, 0.5) is 11.4 Å². The van der Waals surface area contributed by atoms with Crippen molar-refractivity contribution in [3.05, 3.63) is 95.6 Å². The number of rotatable bonds is 2. The van der Waals surface area contributed by atoms with Crippen LogP contribution < -0.4 is 5.32 Å². The average Bonchev–Trinajstić information content (AvgIpc) is 2.80. The van der Waals surface area contributed by atoms with Gasteiger partial charge in [-0.1, -0.05) is 54.3 Å². The van der Waals surface area contributed by atoms with Crippen LogP contribution in [0.15, 0.2) is 83.9 Å². The summed E-state index contributed by atoms with van der Waals surface area (Å²) in [5.74, 6) is 7.39. The molecule has 1 N–H and O–H groups in total. The van der Waals surface area contributed by atoms with E-state index >= 15 is 0 Å². The molecule has 0 spiro atoms. The molecule has 150 valence electrons. The number of aryl methyl sites for hydroxylation is 1. The Bertz CT molecular complexity index is 1060. The number of para-hydroxylation sites is 1. The molecule has 30 heavy (non-hydrogen) atoms. The predicted molar refractivity (Wildman–Crippen MR) is 123 cm³/mol. The topological polar surface area (TPSA) is 36.9 Å². The summed E-state index contributed by atoms with van der Waals surface area (Å²) in [5, 5.41) is 3.49. The van der Waals surface area contributed by atoms with E-state index in [1.165, 1.54) is 0 Å². The lowest BCUT2D eigenvalue weighted by atomic mass is 10.1. The first-order chi connectivity index (χ1) is 14.8. The molecule has 3 aromatic rings. The van der Waals surface area contributed by atoms with Crippen LogP contribution in [-0.4, -0.2) is 37.2 Å². The van der Waals surface area contributed by atoms with E-state index in [0.29, 0.717) is 13.2 Å². The molecule has 0 bridgehead atoms. The number of ether oxygens (including phenoxy) is 1. The van der Waals surface area contributed by atoms with E-state index in [-0.39, 0.29) is 0 Å². The summed E-state index contributed by atoms with van der Waals surface area (Å²) in [6.07, 6.45) is 0. The van der Waals surface area contributed by atoms with Gasteiger partial charge in [0, 0.05) is 24.3 Å². The lowest BCUT2D eigenvalue weighted by molar-refractivity contribution is 0.0680. The van der Waals surface area contributed by atoms with Crippen molar-refractivity contribution in [1.29, 1.82) is 0 Å². The van der Waals surface area contributed by atoms with Crippen LogP contribution >= 0.6 is 0 Å². The number of aliphatic imine (C=N–C) groups is 1. The van der Waals surface area contributed by atoms with Crippen LogP contribution in [0.1, 0.15) is 16.7 Å². The lowest BCUT2D eigenvalue weighted by Gasteiger charge is -2.30. The predicted octanol–water partition coefficient (Wildman–Crippen LogP) is 4.83. The molecule has 1 aliphatic rings. The van der Waals surface area contributed by atoms with Crippen LogP contribution in [0.25, 0.3) is 0 Å². The van der Waals surface area contributed by atoms with Crippen molar-refractivity contribution in [2.24, 2.45) is 4.99 Å². The maximum atomic E-state index is 5.53. The Morgan fingerprint density at radius 3 is 2.33 bits per heavy atom. The molecule has 4 heteroatoms. The quantitative estimate of drug-likeness (QED) is 0.384. The Balaban J connectivity index is 1.71. The van der Waals surface area contributed by atoms with Gasteiger partial charge < -0.3 is 15.0 Å². The van der Waals surface area contributed by atoms with Crippen molar-refractivity contribution in [3.63, 3.8) is 0 Å². The maximum Gasteiger partial charge on any atom is 0.203 e. The monoisotopic (exact) mass is 395 g/mol. The Labute approximate surface area is 178 Å². The van der Waals surface area contributed by atoms with E-state index in [1.54, 1.807) is 0 Å². The van der Waals surface area contributed by atoms with Gasteiger partial charge in [0.1, 0.15) is 0 Å². The van der Waals surface area contributed by atoms with Gasteiger partial charge in [0.05, 0.1) is 24.5 Å². The number of anilines is 1. The first-order valence-electron chi connectivity index (χ1n) is 10.2. The molecule has 0 atom stereocenters. The number of nitrogens with zero attached hydrogens (tertiary/aromatic N) is 2. The zero-order valence-electron chi connectivity index (χ0n) is 17.1. The van der Waals surface area contributed by atoms with Crippen molar-refractivity contribution in [3.8, 4) is 11.8 Å². The molecule has 1 heterocycles. The second kappa shape index (κ2) is 9.78. The highest BCUT2D eigenvalue weighted by molar-refractivity contribution is 5.95. The van der Waals surface area contributed by atoms with E-state index in [4.69, 9.17) is 9.73 Å². The summed E-state index contributed by atoms with van der Waals surface area (Å²) in [4.78, 5) is 7.23. The van der Waals surface area contributed by atoms with Crippen molar-refractivity contribution >= 4 is 17.3 Å². The highest BCUT2D eigenvalue weighted by atomic mass is 16.5. The standard InChI is InChI=1S/C26H25N3O/c1-21-12-15-25(23(20-21)14-13-22-8-4-2-5-9-22)28-26(29-16-18-30-19-17-29)27-24-10-6-3-7-11-24/h2-12,15,20H,16-19H2,1H3,(H,27,28). The molecule has 4 nitrogen and oxygen atoms in total. The maximum absolute atomic E-state index is 5.53. The molecule has 0 unspecified atom stereocenters. The van der Waals surface area contributed by atoms with Gasteiger partial charge in [-0.15, -0.1) is 0 Å². The minimum absolute atomic E-state index is 0.698. The van der Waals surface area contributed by atoms with E-state index in [2.05, 4.69) is 41.1 Å². The Morgan fingerprint density at radius 2 is 1.60 bits per heavy atom. The molecule has 1 saturated heterocycles. The van der Waals surface area contributed by atoms with Crippen molar-refractivity contribution in [2.75, 3.05) is 31.6 Å². The largest absolute Gasteiger partial charge is 0.378 e. The fourth-order valence-electron chi connectivity index (χ4n) is 3.23. The van der Waals surface area contributed by atoms with E-state index in [9.17, 15) is 0 Å². The molecule has 0 amide bonds. The molecule has 0 aromatic heterocycles. The first kappa shape index (κ1) is 19.8. The zero-order chi connectivity index (χ0) is 20.6. The van der Waals surface area contributed by atoms with Crippen molar-refractivity contribution in [2.45, 2.75) is 6.92 Å². The van der Waals surface area contributed by atoms with Gasteiger partial charge in [0.2, 0.25) is 5.96 Å². The van der Waals surface area contributed by atoms with Gasteiger partial charge in [0.15, 0.2) is 0 Å². The summed E-state index contributed by atoms with van der Waals surface area (Å²) in [6, 6.07) is 26.4. The first-order valence-corrected chi connectivity index (χ1v) is 10.2. The molecule has 0 radical (unpaired) electrons. The summed E-state index contributed by atoms with van der Waals surface area (Å²) < 4.78 is 5.53. The van der Waals surface area contributed by atoms with Crippen LogP contribution in [0.3, 0.4) is 0 Å². The third kappa shape index (κ3) is 5.28. The normalized spacial score (nSPS) is 14.0. The molecule has 0 aliphatic carbocycles. The van der Waals surface area contributed by atoms with Crippen LogP contribution in [0.2, 0.25) is 0 Å². The molecule has 4 rings (SSSR count). The van der Waals surface area contributed by atoms with Gasteiger partial charge >= 0.3 is 0 Å². The van der Waals surface area contributed by atoms with Gasteiger partial charge in [-0.05, 0) is 48.9 Å². The van der Waals surface area contributed by atoms with Crippen molar-refractivity contribution in [1.82, 2.24) is 4.90 Å². The second-order valence-corrected chi connectivity index (χ2v) is 7.16. The number of hydrogen-bond acceptors (Lipinski definition) is 2. The number of guanidine groups is 1. The summed E-state index contributed by atoms with van der Waals surface area (Å²) in [5.41, 5.74) is 4.93. The smallest absolute Gasteiger partial charge is 0.203 e. The second-order valence-electron chi connectivity index (χ2n) is 7.16. The summed E-state index contributed by atoms with van der Waals surface area (Å²) >= 11 is 0. The van der Waals surface area contributed by atoms with Crippen LogP contribution in [0.5, 0.6) is 0 Å². The molecule has 1 aliphatic heterocycles. The van der Waals surface area contributed by atoms with E-state index < -0.39 is 0 Å². The number of morpholine rings is 1. The average molecular weight is 396 g/mol. The molecule has 1 fully saturated rings. The fourth-order valence-corrected chi connectivity index (χ4v) is 3.23. The molecule has 0 saturated carbocycles. The third-order valence-electron chi connectivity index (χ3n) is 4.83. The van der Waals surface area contributed by atoms with Crippen molar-refractivity contribution < 1.29 is 4.74 Å². The minimum Gasteiger partial charge on any atom is -0.378 e. The van der Waals surface area contributed by atoms with Crippen LogP contribution in [-0.2, 0) is 4.74 Å². The van der Waals surface area contributed by atoms with Gasteiger partial charge in [0.25, 0.3) is 0 Å². The SMILES string of the molecule is Cc1ccc(N=C(Nc2ccccc2)N2CCOCC2)c(C#Cc2ccccc2)c1. The van der Waals surface area contributed by atoms with Gasteiger partial charge in [-0.25, -0.2) is 4.99 Å². The number of benzene rings is 3. The molecular weight excluding hydrogens is 370 g/mol. The Morgan fingerprint density at radius 1 is 0.900 bits per heavy atom. The molecule has 3 aromatic carbocycles. The number of hydrogen-bond donors (Lipinski definition) is 1. The highest BCUT2D eigenvalue weighted by Gasteiger charge is 2.16. The Kier molecular flexibility index (Phi) is 6.44. The summed E-state index contributed by atoms with van der Waals surface area (Å²) in [6.45, 7) is 5.07. The summed E-state index contributed by atoms with van der Waals surface area (Å²) in [7, 11) is 0.